The average molecular weight is 313 g/mol. The molecule has 0 atom stereocenters. The van der Waals surface area contributed by atoms with E-state index >= 15 is 0 Å². The summed E-state index contributed by atoms with van der Waals surface area (Å²) in [4.78, 5) is 12.2. The highest BCUT2D eigenvalue weighted by Crippen LogP contribution is 2.26. The number of nitrogens with two attached hydrogens (primary N) is 1. The molecule has 4 nitrogen and oxygen atoms in total. The van der Waals surface area contributed by atoms with Gasteiger partial charge in [-0.2, -0.15) is 0 Å². The number of benzene rings is 1. The van der Waals surface area contributed by atoms with Crippen LogP contribution in [0.2, 0.25) is 0 Å². The summed E-state index contributed by atoms with van der Waals surface area (Å²) >= 11 is 0. The Labute approximate surface area is 132 Å². The molecule has 1 aromatic carbocycles. The van der Waals surface area contributed by atoms with Crippen molar-refractivity contribution < 1.29 is 9.53 Å². The molecule has 118 valence electrons. The molecule has 1 fully saturated rings. The van der Waals surface area contributed by atoms with Crippen molar-refractivity contribution in [1.29, 1.82) is 0 Å². The summed E-state index contributed by atoms with van der Waals surface area (Å²) in [5, 5.41) is 2.97. The first-order chi connectivity index (χ1) is 9.65. The van der Waals surface area contributed by atoms with Gasteiger partial charge in [0.1, 0.15) is 5.75 Å². The fraction of sp³-hybridized carbons (Fsp3) is 0.562. The minimum Gasteiger partial charge on any atom is -0.496 e. The highest BCUT2D eigenvalue weighted by atomic mass is 35.5. The van der Waals surface area contributed by atoms with Gasteiger partial charge in [-0.15, -0.1) is 12.4 Å². The molecule has 1 amide bonds. The Morgan fingerprint density at radius 3 is 2.62 bits per heavy atom. The second-order valence-electron chi connectivity index (χ2n) is 5.53. The number of amides is 1. The quantitative estimate of drug-likeness (QED) is 0.877. The number of carbonyl (C=O) groups is 1. The first-order valence-corrected chi connectivity index (χ1v) is 7.35. The molecule has 0 unspecified atom stereocenters. The topological polar surface area (TPSA) is 64.3 Å². The monoisotopic (exact) mass is 312 g/mol. The zero-order valence-electron chi connectivity index (χ0n) is 12.6. The first-order valence-electron chi connectivity index (χ1n) is 7.35. The van der Waals surface area contributed by atoms with Gasteiger partial charge in [0.25, 0.3) is 0 Å². The first kappa shape index (κ1) is 17.8. The number of ether oxygens (including phenoxy) is 1. The molecule has 0 radical (unpaired) electrons. The molecule has 0 heterocycles. The molecule has 5 heteroatoms. The molecule has 1 aromatic rings. The lowest BCUT2D eigenvalue weighted by Gasteiger charge is -2.31. The SMILES string of the molecule is COc1ccccc1CCNC(=O)C1(N)CCCCC1.Cl. The van der Waals surface area contributed by atoms with E-state index in [4.69, 9.17) is 10.5 Å². The number of carbonyl (C=O) groups excluding carboxylic acids is 1. The van der Waals surface area contributed by atoms with E-state index in [1.54, 1.807) is 7.11 Å². The van der Waals surface area contributed by atoms with Gasteiger partial charge in [0.2, 0.25) is 5.91 Å². The molecule has 3 N–H and O–H groups in total. The van der Waals surface area contributed by atoms with E-state index in [2.05, 4.69) is 5.32 Å². The van der Waals surface area contributed by atoms with Gasteiger partial charge in [0, 0.05) is 6.54 Å². The summed E-state index contributed by atoms with van der Waals surface area (Å²) in [5.41, 5.74) is 6.65. The lowest BCUT2D eigenvalue weighted by molar-refractivity contribution is -0.127. The zero-order chi connectivity index (χ0) is 14.4. The molecule has 0 aromatic heterocycles. The maximum atomic E-state index is 12.2. The molecule has 1 saturated carbocycles. The van der Waals surface area contributed by atoms with Crippen molar-refractivity contribution in [2.45, 2.75) is 44.1 Å². The third kappa shape index (κ3) is 4.61. The van der Waals surface area contributed by atoms with Crippen molar-refractivity contribution in [3.05, 3.63) is 29.8 Å². The summed E-state index contributed by atoms with van der Waals surface area (Å²) in [7, 11) is 1.66. The molecule has 0 saturated heterocycles. The Morgan fingerprint density at radius 2 is 1.95 bits per heavy atom. The van der Waals surface area contributed by atoms with E-state index in [9.17, 15) is 4.79 Å². The van der Waals surface area contributed by atoms with Crippen molar-refractivity contribution in [3.8, 4) is 5.75 Å². The fourth-order valence-corrected chi connectivity index (χ4v) is 2.81. The average Bonchev–Trinajstić information content (AvgIpc) is 2.48. The van der Waals surface area contributed by atoms with E-state index in [0.717, 1.165) is 43.4 Å². The number of para-hydroxylation sites is 1. The number of hydrogen-bond acceptors (Lipinski definition) is 3. The fourth-order valence-electron chi connectivity index (χ4n) is 2.81. The van der Waals surface area contributed by atoms with Gasteiger partial charge in [-0.05, 0) is 30.9 Å². The molecule has 0 aliphatic heterocycles. The smallest absolute Gasteiger partial charge is 0.240 e. The van der Waals surface area contributed by atoms with Gasteiger partial charge >= 0.3 is 0 Å². The normalized spacial score (nSPS) is 16.7. The summed E-state index contributed by atoms with van der Waals surface area (Å²) in [6, 6.07) is 7.87. The van der Waals surface area contributed by atoms with Crippen LogP contribution in [0, 0.1) is 0 Å². The molecule has 2 rings (SSSR count). The Kier molecular flexibility index (Phi) is 6.99. The largest absolute Gasteiger partial charge is 0.496 e. The number of rotatable bonds is 5. The van der Waals surface area contributed by atoms with E-state index in [1.165, 1.54) is 6.42 Å². The van der Waals surface area contributed by atoms with Crippen molar-refractivity contribution in [3.63, 3.8) is 0 Å². The van der Waals surface area contributed by atoms with Crippen LogP contribution in [0.1, 0.15) is 37.7 Å². The zero-order valence-corrected chi connectivity index (χ0v) is 13.4. The van der Waals surface area contributed by atoms with Gasteiger partial charge < -0.3 is 15.8 Å². The Hall–Kier alpha value is -1.26. The highest BCUT2D eigenvalue weighted by molar-refractivity contribution is 5.86. The van der Waals surface area contributed by atoms with E-state index in [0.29, 0.717) is 6.54 Å². The van der Waals surface area contributed by atoms with Gasteiger partial charge in [0.15, 0.2) is 0 Å². The maximum absolute atomic E-state index is 12.2. The summed E-state index contributed by atoms with van der Waals surface area (Å²) < 4.78 is 5.30. The number of nitrogens with one attached hydrogen (secondary N) is 1. The highest BCUT2D eigenvalue weighted by Gasteiger charge is 2.34. The number of hydrogen-bond donors (Lipinski definition) is 2. The molecule has 0 spiro atoms. The van der Waals surface area contributed by atoms with E-state index < -0.39 is 5.54 Å². The number of halogens is 1. The summed E-state index contributed by atoms with van der Waals surface area (Å²) in [6.45, 7) is 0.595. The Balaban J connectivity index is 0.00000220. The Bertz CT molecular complexity index is 459. The van der Waals surface area contributed by atoms with Crippen molar-refractivity contribution in [2.75, 3.05) is 13.7 Å². The predicted octanol–water partition coefficient (Wildman–Crippen LogP) is 2.44. The van der Waals surface area contributed by atoms with Crippen molar-refractivity contribution >= 4 is 18.3 Å². The number of methoxy groups -OCH3 is 1. The van der Waals surface area contributed by atoms with Crippen LogP contribution < -0.4 is 15.8 Å². The molecular formula is C16H25ClN2O2. The van der Waals surface area contributed by atoms with Gasteiger partial charge in [-0.3, -0.25) is 4.79 Å². The molecule has 21 heavy (non-hydrogen) atoms. The van der Waals surface area contributed by atoms with Crippen molar-refractivity contribution in [2.24, 2.45) is 5.73 Å². The van der Waals surface area contributed by atoms with Crippen LogP contribution in [0.25, 0.3) is 0 Å². The Morgan fingerprint density at radius 1 is 1.29 bits per heavy atom. The lowest BCUT2D eigenvalue weighted by Crippen LogP contribution is -2.55. The molecule has 1 aliphatic rings. The standard InChI is InChI=1S/C16H24N2O2.ClH/c1-20-14-8-4-3-7-13(14)9-12-18-15(19)16(17)10-5-2-6-11-16;/h3-4,7-8H,2,5-6,9-12,17H2,1H3,(H,18,19);1H. The van der Waals surface area contributed by atoms with Crippen LogP contribution in [-0.4, -0.2) is 25.1 Å². The summed E-state index contributed by atoms with van der Waals surface area (Å²) in [5.74, 6) is 0.856. The van der Waals surface area contributed by atoms with Crippen LogP contribution in [0.3, 0.4) is 0 Å². The maximum Gasteiger partial charge on any atom is 0.240 e. The molecule has 0 bridgehead atoms. The minimum atomic E-state index is -0.654. The third-order valence-electron chi connectivity index (χ3n) is 4.07. The third-order valence-corrected chi connectivity index (χ3v) is 4.07. The predicted molar refractivity (Wildman–Crippen MR) is 87.0 cm³/mol. The molecular weight excluding hydrogens is 288 g/mol. The van der Waals surface area contributed by atoms with Crippen molar-refractivity contribution in [1.82, 2.24) is 5.32 Å². The second-order valence-corrected chi connectivity index (χ2v) is 5.53. The van der Waals surface area contributed by atoms with Crippen LogP contribution in [0.4, 0.5) is 0 Å². The van der Waals surface area contributed by atoms with Gasteiger partial charge in [-0.1, -0.05) is 37.5 Å². The lowest BCUT2D eigenvalue weighted by atomic mass is 9.82. The van der Waals surface area contributed by atoms with Gasteiger partial charge in [0.05, 0.1) is 12.6 Å². The van der Waals surface area contributed by atoms with Crippen LogP contribution >= 0.6 is 12.4 Å². The minimum absolute atomic E-state index is 0. The summed E-state index contributed by atoms with van der Waals surface area (Å²) in [6.07, 6.45) is 5.65. The second kappa shape index (κ2) is 8.25. The van der Waals surface area contributed by atoms with Crippen LogP contribution in [0.5, 0.6) is 5.75 Å². The molecule has 1 aliphatic carbocycles. The van der Waals surface area contributed by atoms with Crippen LogP contribution in [0.15, 0.2) is 24.3 Å². The van der Waals surface area contributed by atoms with E-state index in [-0.39, 0.29) is 18.3 Å². The van der Waals surface area contributed by atoms with Crippen LogP contribution in [-0.2, 0) is 11.2 Å². The van der Waals surface area contributed by atoms with Gasteiger partial charge in [-0.25, -0.2) is 0 Å². The van der Waals surface area contributed by atoms with E-state index in [1.807, 2.05) is 24.3 Å².